The van der Waals surface area contributed by atoms with Gasteiger partial charge in [-0.2, -0.15) is 0 Å². The van der Waals surface area contributed by atoms with E-state index in [2.05, 4.69) is 64.4 Å². The summed E-state index contributed by atoms with van der Waals surface area (Å²) in [6, 6.07) is 8.42. The lowest BCUT2D eigenvalue weighted by atomic mass is 10.1. The summed E-state index contributed by atoms with van der Waals surface area (Å²) in [5.74, 6) is 0.424. The van der Waals surface area contributed by atoms with E-state index in [0.29, 0.717) is 5.92 Å². The van der Waals surface area contributed by atoms with Crippen LogP contribution < -0.4 is 4.69 Å². The van der Waals surface area contributed by atoms with Crippen molar-refractivity contribution in [2.24, 2.45) is 0 Å². The van der Waals surface area contributed by atoms with Gasteiger partial charge in [-0.25, -0.2) is 0 Å². The molecule has 82 valence electrons. The third-order valence-electron chi connectivity index (χ3n) is 2.81. The van der Waals surface area contributed by atoms with Crippen molar-refractivity contribution in [3.8, 4) is 0 Å². The van der Waals surface area contributed by atoms with E-state index in [0.717, 1.165) is 15.9 Å². The van der Waals surface area contributed by atoms with Gasteiger partial charge in [0, 0.05) is 14.8 Å². The Morgan fingerprint density at radius 3 is 2.71 bits per heavy atom. The molecule has 3 aromatic rings. The molecule has 0 N–H and O–H groups in total. The van der Waals surface area contributed by atoms with Crippen LogP contribution in [0.15, 0.2) is 24.3 Å². The standard InChI is InChI=1S/C13H11N2S.Al/c1-8(2)11-13-12(15-7-14-11)9-5-3-4-6-10(9)16-13;/h3-6,8H,1-2H3;. The molecule has 0 saturated carbocycles. The Labute approximate surface area is 112 Å². The molecule has 3 rings (SSSR count). The molecule has 2 heterocycles. The lowest BCUT2D eigenvalue weighted by molar-refractivity contribution is 0.837. The minimum absolute atomic E-state index is 0.424. The van der Waals surface area contributed by atoms with Gasteiger partial charge in [0.15, 0.2) is 0 Å². The topological polar surface area (TPSA) is 25.8 Å². The Hall–Kier alpha value is -0.948. The largest absolute Gasteiger partial charge is 0.259 e. The molecule has 4 heteroatoms. The molecular weight excluding hydrogens is 243 g/mol. The van der Waals surface area contributed by atoms with Crippen molar-refractivity contribution in [1.29, 1.82) is 0 Å². The van der Waals surface area contributed by atoms with Gasteiger partial charge in [0.2, 0.25) is 16.3 Å². The number of nitrogens with zero attached hydrogens (tertiary/aromatic N) is 2. The third kappa shape index (κ3) is 1.77. The van der Waals surface area contributed by atoms with Gasteiger partial charge in [-0.15, -0.1) is 11.3 Å². The smallest absolute Gasteiger partial charge is 0.244 e. The van der Waals surface area contributed by atoms with Gasteiger partial charge in [-0.05, 0) is 12.0 Å². The van der Waals surface area contributed by atoms with Crippen LogP contribution in [0, 0.1) is 0 Å². The number of rotatable bonds is 1. The fourth-order valence-electron chi connectivity index (χ4n) is 2.02. The molecule has 0 aliphatic rings. The van der Waals surface area contributed by atoms with Crippen molar-refractivity contribution in [2.45, 2.75) is 19.8 Å². The Balaban J connectivity index is 2.51. The van der Waals surface area contributed by atoms with Crippen LogP contribution in [0.1, 0.15) is 25.5 Å². The lowest BCUT2D eigenvalue weighted by Crippen LogP contribution is -2.15. The van der Waals surface area contributed by atoms with Crippen LogP contribution in [0.3, 0.4) is 0 Å². The number of aromatic nitrogens is 2. The fourth-order valence-corrected chi connectivity index (χ4v) is 3.57. The normalized spacial score (nSPS) is 11.7. The minimum Gasteiger partial charge on any atom is -0.259 e. The van der Waals surface area contributed by atoms with Crippen LogP contribution >= 0.6 is 11.3 Å². The van der Waals surface area contributed by atoms with E-state index in [4.69, 9.17) is 0 Å². The molecule has 0 spiro atoms. The quantitative estimate of drug-likeness (QED) is 0.624. The molecule has 0 atom stereocenters. The van der Waals surface area contributed by atoms with Gasteiger partial charge in [0.05, 0.1) is 15.9 Å². The lowest BCUT2D eigenvalue weighted by Gasteiger charge is -2.07. The van der Waals surface area contributed by atoms with E-state index in [1.807, 2.05) is 0 Å². The minimum atomic E-state index is 0.424. The number of hydrogen-bond acceptors (Lipinski definition) is 3. The van der Waals surface area contributed by atoms with Crippen molar-refractivity contribution in [3.63, 3.8) is 0 Å². The highest BCUT2D eigenvalue weighted by Crippen LogP contribution is 2.35. The summed E-state index contributed by atoms with van der Waals surface area (Å²) in [4.78, 5) is 9.13. The monoisotopic (exact) mass is 254 g/mol. The fraction of sp³-hybridized carbons (Fsp3) is 0.231. The van der Waals surface area contributed by atoms with E-state index in [1.54, 1.807) is 11.3 Å². The number of hydrogen-bond donors (Lipinski definition) is 0. The molecule has 0 fully saturated rings. The molecule has 0 aliphatic carbocycles. The molecule has 1 aromatic carbocycles. The van der Waals surface area contributed by atoms with Crippen molar-refractivity contribution in [3.05, 3.63) is 30.0 Å². The Bertz CT molecular complexity index is 703. The van der Waals surface area contributed by atoms with Crippen LogP contribution in [-0.2, 0) is 0 Å². The van der Waals surface area contributed by atoms with Crippen LogP contribution in [0.4, 0.5) is 0 Å². The zero-order chi connectivity index (χ0) is 12.0. The Morgan fingerprint density at radius 2 is 1.94 bits per heavy atom. The molecule has 0 unspecified atom stereocenters. The van der Waals surface area contributed by atoms with Gasteiger partial charge in [-0.1, -0.05) is 32.0 Å². The van der Waals surface area contributed by atoms with Gasteiger partial charge < -0.3 is 0 Å². The van der Waals surface area contributed by atoms with E-state index in [9.17, 15) is 0 Å². The maximum atomic E-state index is 4.57. The van der Waals surface area contributed by atoms with Crippen LogP contribution in [0.2, 0.25) is 0 Å². The highest BCUT2D eigenvalue weighted by molar-refractivity contribution is 7.25. The first-order valence-electron chi connectivity index (χ1n) is 5.61. The first-order chi connectivity index (χ1) is 8.16. The van der Waals surface area contributed by atoms with E-state index < -0.39 is 0 Å². The van der Waals surface area contributed by atoms with Crippen molar-refractivity contribution in [2.75, 3.05) is 0 Å². The summed E-state index contributed by atoms with van der Waals surface area (Å²) >= 11 is 4.40. The molecule has 2 nitrogen and oxygen atoms in total. The Morgan fingerprint density at radius 1 is 1.18 bits per heavy atom. The van der Waals surface area contributed by atoms with E-state index in [-0.39, 0.29) is 0 Å². The van der Waals surface area contributed by atoms with Gasteiger partial charge in [-0.3, -0.25) is 9.97 Å². The van der Waals surface area contributed by atoms with Crippen molar-refractivity contribution in [1.82, 2.24) is 9.97 Å². The number of fused-ring (bicyclic) bond motifs is 3. The van der Waals surface area contributed by atoms with Gasteiger partial charge >= 0.3 is 0 Å². The SMILES string of the molecule is CC(C)c1n[c]([Al])nc2c1sc1ccccc12. The highest BCUT2D eigenvalue weighted by atomic mass is 32.1. The molecule has 0 saturated heterocycles. The predicted molar refractivity (Wildman–Crippen MR) is 74.4 cm³/mol. The maximum absolute atomic E-state index is 4.57. The van der Waals surface area contributed by atoms with E-state index in [1.165, 1.54) is 14.8 Å². The summed E-state index contributed by atoms with van der Waals surface area (Å²) in [5.41, 5.74) is 2.25. The van der Waals surface area contributed by atoms with Gasteiger partial charge in [0.25, 0.3) is 0 Å². The second-order valence-electron chi connectivity index (χ2n) is 4.40. The summed E-state index contributed by atoms with van der Waals surface area (Å²) in [7, 11) is 0. The predicted octanol–water partition coefficient (Wildman–Crippen LogP) is 2.76. The molecule has 17 heavy (non-hydrogen) atoms. The molecule has 2 radical (unpaired) electrons. The van der Waals surface area contributed by atoms with Crippen LogP contribution in [0.25, 0.3) is 20.3 Å². The molecule has 0 aliphatic heterocycles. The van der Waals surface area contributed by atoms with E-state index >= 15 is 0 Å². The molecule has 0 bridgehead atoms. The average Bonchev–Trinajstić information content (AvgIpc) is 2.66. The number of benzene rings is 1. The molecule has 2 aromatic heterocycles. The molecular formula is C13H11AlN2S. The van der Waals surface area contributed by atoms with Crippen molar-refractivity contribution < 1.29 is 0 Å². The Kier molecular flexibility index (Phi) is 2.67. The van der Waals surface area contributed by atoms with Gasteiger partial charge in [0.1, 0.15) is 0 Å². The second-order valence-corrected chi connectivity index (χ2v) is 5.97. The first kappa shape index (κ1) is 11.2. The third-order valence-corrected chi connectivity index (χ3v) is 4.25. The first-order valence-corrected chi connectivity index (χ1v) is 7.01. The van der Waals surface area contributed by atoms with Crippen molar-refractivity contribution >= 4 is 52.6 Å². The summed E-state index contributed by atoms with van der Waals surface area (Å²) < 4.78 is 3.30. The maximum Gasteiger partial charge on any atom is 0.244 e. The summed E-state index contributed by atoms with van der Waals surface area (Å²) in [6.45, 7) is 4.35. The number of thiophene rings is 1. The summed E-state index contributed by atoms with van der Waals surface area (Å²) in [6.07, 6.45) is 0. The zero-order valence-electron chi connectivity index (χ0n) is 9.77. The van der Waals surface area contributed by atoms with Crippen LogP contribution in [-0.4, -0.2) is 26.3 Å². The van der Waals surface area contributed by atoms with Crippen LogP contribution in [0.5, 0.6) is 0 Å². The second kappa shape index (κ2) is 4.06. The summed E-state index contributed by atoms with van der Waals surface area (Å²) in [5, 5.41) is 1.24. The zero-order valence-corrected chi connectivity index (χ0v) is 11.7. The molecule has 0 amide bonds. The average molecular weight is 254 g/mol. The highest BCUT2D eigenvalue weighted by Gasteiger charge is 2.13.